The Hall–Kier alpha value is -1.04. The number of nitrogens with zero attached hydrogens (tertiary/aromatic N) is 1. The molecule has 0 radical (unpaired) electrons. The molecule has 2 aliphatic rings. The summed E-state index contributed by atoms with van der Waals surface area (Å²) in [6, 6.07) is 2.31. The maximum absolute atomic E-state index is 12.0. The van der Waals surface area contributed by atoms with E-state index in [1.165, 1.54) is 0 Å². The number of esters is 1. The van der Waals surface area contributed by atoms with Gasteiger partial charge >= 0.3 is 5.97 Å². The van der Waals surface area contributed by atoms with Gasteiger partial charge < -0.3 is 4.74 Å². The third-order valence-electron chi connectivity index (χ3n) is 4.49. The fraction of sp³-hybridized carbons (Fsp3) is 0.867. The van der Waals surface area contributed by atoms with Crippen molar-refractivity contribution in [2.45, 2.75) is 64.4 Å². The molecule has 0 spiro atoms. The highest BCUT2D eigenvalue weighted by atomic mass is 16.5. The van der Waals surface area contributed by atoms with Crippen LogP contribution in [0, 0.1) is 29.1 Å². The second-order valence-electron chi connectivity index (χ2n) is 6.00. The molecule has 3 heteroatoms. The predicted molar refractivity (Wildman–Crippen MR) is 68.6 cm³/mol. The van der Waals surface area contributed by atoms with Crippen LogP contribution in [0.25, 0.3) is 0 Å². The van der Waals surface area contributed by atoms with Gasteiger partial charge in [-0.15, -0.1) is 0 Å². The van der Waals surface area contributed by atoms with Crippen LogP contribution < -0.4 is 0 Å². The Morgan fingerprint density at radius 3 is 2.22 bits per heavy atom. The molecule has 0 saturated heterocycles. The van der Waals surface area contributed by atoms with Crippen molar-refractivity contribution in [1.29, 1.82) is 5.26 Å². The van der Waals surface area contributed by atoms with E-state index in [4.69, 9.17) is 10.00 Å². The van der Waals surface area contributed by atoms with Gasteiger partial charge in [0.2, 0.25) is 0 Å². The summed E-state index contributed by atoms with van der Waals surface area (Å²) < 4.78 is 5.61. The highest BCUT2D eigenvalue weighted by molar-refractivity contribution is 5.72. The van der Waals surface area contributed by atoms with E-state index in [1.807, 2.05) is 0 Å². The lowest BCUT2D eigenvalue weighted by Crippen LogP contribution is -2.29. The van der Waals surface area contributed by atoms with Crippen LogP contribution >= 0.6 is 0 Å². The topological polar surface area (TPSA) is 50.1 Å². The van der Waals surface area contributed by atoms with Crippen LogP contribution in [0.5, 0.6) is 0 Å². The standard InChI is InChI=1S/C15H23NO2/c1-11-2-6-13(7-3-11)15(17)18-14-8-4-12(10-16)5-9-14/h11-14H,2-9H2,1H3. The van der Waals surface area contributed by atoms with E-state index in [1.54, 1.807) is 0 Å². The van der Waals surface area contributed by atoms with Crippen molar-refractivity contribution in [2.24, 2.45) is 17.8 Å². The summed E-state index contributed by atoms with van der Waals surface area (Å²) >= 11 is 0. The lowest BCUT2D eigenvalue weighted by Gasteiger charge is -2.29. The van der Waals surface area contributed by atoms with Crippen molar-refractivity contribution >= 4 is 5.97 Å². The second kappa shape index (κ2) is 6.22. The number of carbonyl (C=O) groups excluding carboxylic acids is 1. The Morgan fingerprint density at radius 2 is 1.67 bits per heavy atom. The van der Waals surface area contributed by atoms with E-state index in [2.05, 4.69) is 13.0 Å². The first-order valence-corrected chi connectivity index (χ1v) is 7.29. The summed E-state index contributed by atoms with van der Waals surface area (Å²) in [4.78, 5) is 12.0. The van der Waals surface area contributed by atoms with Crippen molar-refractivity contribution < 1.29 is 9.53 Å². The lowest BCUT2D eigenvalue weighted by molar-refractivity contribution is -0.157. The van der Waals surface area contributed by atoms with Crippen molar-refractivity contribution in [2.75, 3.05) is 0 Å². The van der Waals surface area contributed by atoms with Crippen LogP contribution in [0.1, 0.15) is 58.3 Å². The molecule has 0 aromatic rings. The first kappa shape index (κ1) is 13.4. The van der Waals surface area contributed by atoms with E-state index < -0.39 is 0 Å². The Morgan fingerprint density at radius 1 is 1.06 bits per heavy atom. The first-order chi connectivity index (χ1) is 8.69. The Balaban J connectivity index is 1.73. The van der Waals surface area contributed by atoms with E-state index in [9.17, 15) is 4.79 Å². The number of nitriles is 1. The van der Waals surface area contributed by atoms with Crippen molar-refractivity contribution in [3.8, 4) is 6.07 Å². The van der Waals surface area contributed by atoms with E-state index >= 15 is 0 Å². The molecule has 2 aliphatic carbocycles. The second-order valence-corrected chi connectivity index (χ2v) is 6.00. The molecule has 2 fully saturated rings. The summed E-state index contributed by atoms with van der Waals surface area (Å²) in [5.74, 6) is 1.09. The average Bonchev–Trinajstić information content (AvgIpc) is 2.40. The lowest BCUT2D eigenvalue weighted by atomic mass is 9.83. The summed E-state index contributed by atoms with van der Waals surface area (Å²) in [5.41, 5.74) is 0. The van der Waals surface area contributed by atoms with Crippen LogP contribution in [-0.2, 0) is 9.53 Å². The quantitative estimate of drug-likeness (QED) is 0.704. The highest BCUT2D eigenvalue weighted by Gasteiger charge is 2.29. The smallest absolute Gasteiger partial charge is 0.309 e. The van der Waals surface area contributed by atoms with Crippen LogP contribution in [-0.4, -0.2) is 12.1 Å². The molecule has 2 saturated carbocycles. The summed E-state index contributed by atoms with van der Waals surface area (Å²) in [7, 11) is 0. The van der Waals surface area contributed by atoms with Crippen LogP contribution in [0.2, 0.25) is 0 Å². The fourth-order valence-electron chi connectivity index (χ4n) is 3.07. The molecule has 0 amide bonds. The van der Waals surface area contributed by atoms with Crippen molar-refractivity contribution in [1.82, 2.24) is 0 Å². The minimum absolute atomic E-state index is 0.0160. The van der Waals surface area contributed by atoms with Crippen LogP contribution in [0.15, 0.2) is 0 Å². The van der Waals surface area contributed by atoms with Gasteiger partial charge in [-0.3, -0.25) is 4.79 Å². The molecule has 0 N–H and O–H groups in total. The highest BCUT2D eigenvalue weighted by Crippen LogP contribution is 2.31. The number of carbonyl (C=O) groups is 1. The maximum Gasteiger partial charge on any atom is 0.309 e. The van der Waals surface area contributed by atoms with E-state index in [-0.39, 0.29) is 23.9 Å². The van der Waals surface area contributed by atoms with E-state index in [0.29, 0.717) is 0 Å². The zero-order valence-corrected chi connectivity index (χ0v) is 11.2. The minimum atomic E-state index is 0.0160. The fourth-order valence-corrected chi connectivity index (χ4v) is 3.07. The first-order valence-electron chi connectivity index (χ1n) is 7.29. The monoisotopic (exact) mass is 249 g/mol. The van der Waals surface area contributed by atoms with Crippen molar-refractivity contribution in [3.05, 3.63) is 0 Å². The predicted octanol–water partition coefficient (Wildman–Crippen LogP) is 3.44. The molecular weight excluding hydrogens is 226 g/mol. The zero-order chi connectivity index (χ0) is 13.0. The van der Waals surface area contributed by atoms with E-state index in [0.717, 1.165) is 57.3 Å². The molecule has 0 aliphatic heterocycles. The summed E-state index contributed by atoms with van der Waals surface area (Å²) in [6.45, 7) is 2.25. The maximum atomic E-state index is 12.0. The third kappa shape index (κ3) is 3.48. The van der Waals surface area contributed by atoms with Crippen LogP contribution in [0.4, 0.5) is 0 Å². The minimum Gasteiger partial charge on any atom is -0.462 e. The Kier molecular flexibility index (Phi) is 4.63. The largest absolute Gasteiger partial charge is 0.462 e. The van der Waals surface area contributed by atoms with Gasteiger partial charge in [0, 0.05) is 5.92 Å². The molecular formula is C15H23NO2. The Labute approximate surface area is 110 Å². The van der Waals surface area contributed by atoms with Gasteiger partial charge in [0.1, 0.15) is 6.10 Å². The number of hydrogen-bond donors (Lipinski definition) is 0. The van der Waals surface area contributed by atoms with Gasteiger partial charge in [-0.2, -0.15) is 5.26 Å². The van der Waals surface area contributed by atoms with Gasteiger partial charge in [0.15, 0.2) is 0 Å². The molecule has 100 valence electrons. The molecule has 0 heterocycles. The summed E-state index contributed by atoms with van der Waals surface area (Å²) in [5, 5.41) is 8.83. The molecule has 0 unspecified atom stereocenters. The molecule has 0 aromatic carbocycles. The number of rotatable bonds is 2. The SMILES string of the molecule is CC1CCC(C(=O)OC2CCC(C#N)CC2)CC1. The number of ether oxygens (including phenoxy) is 1. The summed E-state index contributed by atoms with van der Waals surface area (Å²) in [6.07, 6.45) is 7.87. The molecule has 18 heavy (non-hydrogen) atoms. The average molecular weight is 249 g/mol. The van der Waals surface area contributed by atoms with Gasteiger partial charge in [-0.05, 0) is 57.3 Å². The van der Waals surface area contributed by atoms with Crippen LogP contribution in [0.3, 0.4) is 0 Å². The van der Waals surface area contributed by atoms with Gasteiger partial charge in [-0.25, -0.2) is 0 Å². The normalized spacial score (nSPS) is 36.7. The number of hydrogen-bond acceptors (Lipinski definition) is 3. The molecule has 0 aromatic heterocycles. The molecule has 0 atom stereocenters. The molecule has 0 bridgehead atoms. The van der Waals surface area contributed by atoms with Gasteiger partial charge in [0.25, 0.3) is 0 Å². The molecule has 3 nitrogen and oxygen atoms in total. The van der Waals surface area contributed by atoms with Gasteiger partial charge in [0.05, 0.1) is 12.0 Å². The third-order valence-corrected chi connectivity index (χ3v) is 4.49. The zero-order valence-electron chi connectivity index (χ0n) is 11.2. The molecule has 2 rings (SSSR count). The Bertz CT molecular complexity index is 318. The van der Waals surface area contributed by atoms with Crippen molar-refractivity contribution in [3.63, 3.8) is 0 Å². The van der Waals surface area contributed by atoms with Gasteiger partial charge in [-0.1, -0.05) is 6.92 Å².